The molecule has 0 aliphatic rings. The number of nitrogens with zero attached hydrogens (tertiary/aromatic N) is 2. The Hall–Kier alpha value is -1.08. The molecule has 0 bridgehead atoms. The van der Waals surface area contributed by atoms with Gasteiger partial charge in [-0.3, -0.25) is 0 Å². The molecule has 0 radical (unpaired) electrons. The molecule has 1 heterocycles. The lowest BCUT2D eigenvalue weighted by molar-refractivity contribution is 1.34. The topological polar surface area (TPSA) is 43.3 Å². The van der Waals surface area contributed by atoms with Gasteiger partial charge in [-0.25, -0.2) is 0 Å². The van der Waals surface area contributed by atoms with Crippen LogP contribution in [0.1, 0.15) is 0 Å². The largest absolute Gasteiger partial charge is 0.364 e. The fraction of sp³-hybridized carbons (Fsp3) is 0. The molecule has 0 saturated heterocycles. The van der Waals surface area contributed by atoms with Crippen molar-refractivity contribution in [2.45, 2.75) is 0 Å². The van der Waals surface area contributed by atoms with E-state index in [0.717, 1.165) is 0 Å². The van der Waals surface area contributed by atoms with E-state index in [4.69, 9.17) is 12.3 Å². The maximum Gasteiger partial charge on any atom is 0.285 e. The second-order valence-corrected chi connectivity index (χ2v) is 2.51. The van der Waals surface area contributed by atoms with Gasteiger partial charge < -0.3 is 10.6 Å². The van der Waals surface area contributed by atoms with Crippen molar-refractivity contribution in [2.24, 2.45) is 0 Å². The third-order valence-electron chi connectivity index (χ3n) is 0.955. The molecule has 0 atom stereocenters. The molecule has 4 heteroatoms. The summed E-state index contributed by atoms with van der Waals surface area (Å²) < 4.78 is 0.678. The Morgan fingerprint density at radius 3 is 2.80 bits per heavy atom. The smallest absolute Gasteiger partial charge is 0.285 e. The first-order valence-electron chi connectivity index (χ1n) is 2.53. The van der Waals surface area contributed by atoms with Gasteiger partial charge >= 0.3 is 0 Å². The van der Waals surface area contributed by atoms with Gasteiger partial charge in [0.1, 0.15) is 0 Å². The summed E-state index contributed by atoms with van der Waals surface area (Å²) in [6.45, 7) is 6.66. The third kappa shape index (κ3) is 1.25. The molecule has 0 aliphatic heterocycles. The Kier molecular flexibility index (Phi) is 1.88. The van der Waals surface area contributed by atoms with Crippen LogP contribution in [0.2, 0.25) is 0 Å². The summed E-state index contributed by atoms with van der Waals surface area (Å²) in [5.41, 5.74) is 5.33. The normalized spacial score (nSPS) is 8.80. The Labute approximate surface area is 66.8 Å². The summed E-state index contributed by atoms with van der Waals surface area (Å²) in [7, 11) is 0. The van der Waals surface area contributed by atoms with Gasteiger partial charge in [-0.15, -0.1) is 4.98 Å². The van der Waals surface area contributed by atoms with E-state index in [9.17, 15) is 0 Å². The standard InChI is InChI=1S/C6H4BrN3/c1-9-6-4(7)2-3-5(8)10-6/h2-3H,(H2,8,10). The molecule has 0 amide bonds. The number of rotatable bonds is 0. The van der Waals surface area contributed by atoms with E-state index in [1.54, 1.807) is 12.1 Å². The monoisotopic (exact) mass is 197 g/mol. The molecular formula is C6H4BrN3. The van der Waals surface area contributed by atoms with Crippen molar-refractivity contribution in [1.29, 1.82) is 0 Å². The first kappa shape index (κ1) is 7.03. The molecule has 3 nitrogen and oxygen atoms in total. The lowest BCUT2D eigenvalue weighted by Crippen LogP contribution is -1.87. The fourth-order valence-corrected chi connectivity index (χ4v) is 0.834. The quantitative estimate of drug-likeness (QED) is 0.647. The van der Waals surface area contributed by atoms with Crippen molar-refractivity contribution in [3.8, 4) is 0 Å². The van der Waals surface area contributed by atoms with Crippen LogP contribution in [0.25, 0.3) is 4.85 Å². The summed E-state index contributed by atoms with van der Waals surface area (Å²) in [5.74, 6) is 0.675. The highest BCUT2D eigenvalue weighted by Crippen LogP contribution is 2.23. The van der Waals surface area contributed by atoms with Crippen LogP contribution < -0.4 is 5.73 Å². The first-order valence-corrected chi connectivity index (χ1v) is 3.33. The van der Waals surface area contributed by atoms with Crippen molar-refractivity contribution in [3.05, 3.63) is 28.0 Å². The van der Waals surface area contributed by atoms with E-state index in [0.29, 0.717) is 16.1 Å². The van der Waals surface area contributed by atoms with Crippen molar-refractivity contribution in [1.82, 2.24) is 4.98 Å². The average Bonchev–Trinajstić information content (AvgIpc) is 1.94. The molecule has 1 rings (SSSR count). The van der Waals surface area contributed by atoms with Gasteiger partial charge in [-0.1, -0.05) is 28.6 Å². The van der Waals surface area contributed by atoms with Crippen LogP contribution in [-0.4, -0.2) is 4.98 Å². The number of hydrogen-bond donors (Lipinski definition) is 1. The zero-order chi connectivity index (χ0) is 7.56. The molecule has 0 aromatic carbocycles. The molecule has 0 fully saturated rings. The van der Waals surface area contributed by atoms with Crippen LogP contribution in [0.4, 0.5) is 11.6 Å². The number of nitrogen functional groups attached to an aromatic ring is 1. The number of halogens is 1. The Balaban J connectivity index is 3.25. The van der Waals surface area contributed by atoms with E-state index < -0.39 is 0 Å². The molecule has 0 saturated carbocycles. The minimum absolute atomic E-state index is 0.306. The number of aromatic nitrogens is 1. The molecule has 1 aromatic heterocycles. The van der Waals surface area contributed by atoms with Crippen LogP contribution in [0.15, 0.2) is 16.6 Å². The molecule has 0 spiro atoms. The zero-order valence-electron chi connectivity index (χ0n) is 5.00. The second kappa shape index (κ2) is 2.67. The van der Waals surface area contributed by atoms with Crippen molar-refractivity contribution < 1.29 is 0 Å². The van der Waals surface area contributed by atoms with Gasteiger partial charge in [-0.05, 0) is 0 Å². The molecule has 0 unspecified atom stereocenters. The Morgan fingerprint density at radius 2 is 2.30 bits per heavy atom. The predicted octanol–water partition coefficient (Wildman–Crippen LogP) is 1.98. The molecule has 50 valence electrons. The van der Waals surface area contributed by atoms with Gasteiger partial charge in [0.2, 0.25) is 5.82 Å². The highest BCUT2D eigenvalue weighted by Gasteiger charge is 2.00. The summed E-state index contributed by atoms with van der Waals surface area (Å²) in [4.78, 5) is 6.91. The van der Waals surface area contributed by atoms with Gasteiger partial charge in [0.15, 0.2) is 0 Å². The SMILES string of the molecule is [C-]#[N+]c1nc(N)ccc1Br. The third-order valence-corrected chi connectivity index (χ3v) is 1.57. The van der Waals surface area contributed by atoms with Crippen molar-refractivity contribution >= 4 is 27.6 Å². The number of hydrogen-bond acceptors (Lipinski definition) is 2. The van der Waals surface area contributed by atoms with Crippen LogP contribution >= 0.6 is 15.9 Å². The van der Waals surface area contributed by atoms with E-state index in [1.165, 1.54) is 0 Å². The summed E-state index contributed by atoms with van der Waals surface area (Å²) >= 11 is 3.16. The number of anilines is 1. The minimum atomic E-state index is 0.306. The number of pyridine rings is 1. The Bertz CT molecular complexity index is 290. The predicted molar refractivity (Wildman–Crippen MR) is 42.6 cm³/mol. The molecule has 0 aliphatic carbocycles. The van der Waals surface area contributed by atoms with Gasteiger partial charge in [0, 0.05) is 10.5 Å². The van der Waals surface area contributed by atoms with E-state index >= 15 is 0 Å². The maximum absolute atomic E-state index is 6.66. The highest BCUT2D eigenvalue weighted by molar-refractivity contribution is 9.10. The van der Waals surface area contributed by atoms with Gasteiger partial charge in [0.05, 0.1) is 0 Å². The zero-order valence-corrected chi connectivity index (χ0v) is 6.59. The first-order chi connectivity index (χ1) is 4.74. The van der Waals surface area contributed by atoms with Crippen LogP contribution in [0.3, 0.4) is 0 Å². The highest BCUT2D eigenvalue weighted by atomic mass is 79.9. The van der Waals surface area contributed by atoms with Crippen molar-refractivity contribution in [2.75, 3.05) is 5.73 Å². The van der Waals surface area contributed by atoms with Crippen LogP contribution in [-0.2, 0) is 0 Å². The van der Waals surface area contributed by atoms with Gasteiger partial charge in [-0.2, -0.15) is 0 Å². The Morgan fingerprint density at radius 1 is 1.60 bits per heavy atom. The summed E-state index contributed by atoms with van der Waals surface area (Å²) in [6, 6.07) is 3.34. The van der Waals surface area contributed by atoms with Crippen LogP contribution in [0, 0.1) is 6.57 Å². The fourth-order valence-electron chi connectivity index (χ4n) is 0.524. The summed E-state index contributed by atoms with van der Waals surface area (Å²) in [6.07, 6.45) is 0. The van der Waals surface area contributed by atoms with Crippen molar-refractivity contribution in [3.63, 3.8) is 0 Å². The molecular weight excluding hydrogens is 194 g/mol. The second-order valence-electron chi connectivity index (χ2n) is 1.65. The minimum Gasteiger partial charge on any atom is -0.364 e. The van der Waals surface area contributed by atoms with Gasteiger partial charge in [0.25, 0.3) is 5.82 Å². The van der Waals surface area contributed by atoms with E-state index in [-0.39, 0.29) is 0 Å². The molecule has 2 N–H and O–H groups in total. The average molecular weight is 198 g/mol. The number of nitrogens with two attached hydrogens (primary N) is 1. The molecule has 10 heavy (non-hydrogen) atoms. The van der Waals surface area contributed by atoms with E-state index in [2.05, 4.69) is 25.8 Å². The van der Waals surface area contributed by atoms with E-state index in [1.807, 2.05) is 0 Å². The maximum atomic E-state index is 6.66. The van der Waals surface area contributed by atoms with Crippen LogP contribution in [0.5, 0.6) is 0 Å². The lowest BCUT2D eigenvalue weighted by atomic mass is 10.4. The summed E-state index contributed by atoms with van der Waals surface area (Å²) in [5, 5.41) is 0. The lowest BCUT2D eigenvalue weighted by Gasteiger charge is -1.91. The molecule has 1 aromatic rings.